The van der Waals surface area contributed by atoms with Gasteiger partial charge in [0.05, 0.1) is 37.7 Å². The van der Waals surface area contributed by atoms with Gasteiger partial charge in [0.15, 0.2) is 0 Å². The maximum absolute atomic E-state index is 13.7. The normalized spacial score (nSPS) is 31.6. The lowest BCUT2D eigenvalue weighted by Gasteiger charge is -2.38. The van der Waals surface area contributed by atoms with Gasteiger partial charge in [-0.15, -0.1) is 0 Å². The van der Waals surface area contributed by atoms with Crippen molar-refractivity contribution < 1.29 is 29.0 Å². The van der Waals surface area contributed by atoms with Crippen LogP contribution in [0.1, 0.15) is 26.7 Å². The van der Waals surface area contributed by atoms with Gasteiger partial charge in [-0.3, -0.25) is 14.4 Å². The van der Waals surface area contributed by atoms with E-state index in [1.165, 1.54) is 11.9 Å². The zero-order chi connectivity index (χ0) is 23.2. The van der Waals surface area contributed by atoms with Crippen LogP contribution in [-0.2, 0) is 19.1 Å². The number of carbonyl (C=O) groups excluding carboxylic acids is 3. The Hall–Kier alpha value is -2.65. The number of amides is 3. The van der Waals surface area contributed by atoms with Gasteiger partial charge < -0.3 is 30.1 Å². The Kier molecular flexibility index (Phi) is 5.89. The number of methoxy groups -OCH3 is 1. The highest BCUT2D eigenvalue weighted by atomic mass is 16.5. The summed E-state index contributed by atoms with van der Waals surface area (Å²) in [7, 11) is 3.10. The highest BCUT2D eigenvalue weighted by Crippen LogP contribution is 2.59. The fraction of sp³-hybridized carbons (Fsp3) is 0.609. The summed E-state index contributed by atoms with van der Waals surface area (Å²) in [6.07, 6.45) is 0.719. The number of aliphatic hydroxyl groups excluding tert-OH is 1. The predicted molar refractivity (Wildman–Crippen MR) is 116 cm³/mol. The summed E-state index contributed by atoms with van der Waals surface area (Å²) in [6, 6.07) is 5.40. The molecule has 9 nitrogen and oxygen atoms in total. The molecular formula is C23H31N3O6. The maximum Gasteiger partial charge on any atom is 0.250 e. The topological polar surface area (TPSA) is 117 Å². The monoisotopic (exact) mass is 445 g/mol. The molecule has 9 heteroatoms. The Morgan fingerprint density at radius 3 is 2.53 bits per heavy atom. The number of fused-ring (bicyclic) bond motifs is 1. The lowest BCUT2D eigenvalue weighted by atomic mass is 9.70. The van der Waals surface area contributed by atoms with E-state index in [0.29, 0.717) is 24.3 Å². The number of ether oxygens (including phenoxy) is 2. The molecule has 1 aromatic carbocycles. The Morgan fingerprint density at radius 2 is 1.97 bits per heavy atom. The summed E-state index contributed by atoms with van der Waals surface area (Å²) in [5.41, 5.74) is -0.527. The van der Waals surface area contributed by atoms with Crippen LogP contribution in [0.3, 0.4) is 0 Å². The minimum absolute atomic E-state index is 0.0916. The molecular weight excluding hydrogens is 414 g/mol. The third-order valence-corrected chi connectivity index (χ3v) is 7.21. The van der Waals surface area contributed by atoms with E-state index >= 15 is 0 Å². The molecule has 3 amide bonds. The molecule has 3 heterocycles. The van der Waals surface area contributed by atoms with Crippen LogP contribution >= 0.6 is 0 Å². The van der Waals surface area contributed by atoms with E-state index in [9.17, 15) is 19.5 Å². The van der Waals surface area contributed by atoms with Gasteiger partial charge in [-0.1, -0.05) is 13.8 Å². The number of carbonyl (C=O) groups is 3. The molecule has 1 spiro atoms. The van der Waals surface area contributed by atoms with Gasteiger partial charge >= 0.3 is 0 Å². The first-order valence-corrected chi connectivity index (χ1v) is 11.1. The lowest BCUT2D eigenvalue weighted by molar-refractivity contribution is -0.145. The summed E-state index contributed by atoms with van der Waals surface area (Å²) in [5.74, 6) is -1.77. The van der Waals surface area contributed by atoms with Crippen molar-refractivity contribution in [2.75, 3.05) is 26.1 Å². The van der Waals surface area contributed by atoms with Crippen LogP contribution in [0.15, 0.2) is 24.3 Å². The molecule has 32 heavy (non-hydrogen) atoms. The number of hydrogen-bond acceptors (Lipinski definition) is 6. The zero-order valence-electron chi connectivity index (χ0n) is 18.8. The van der Waals surface area contributed by atoms with Crippen LogP contribution in [-0.4, -0.2) is 72.3 Å². The van der Waals surface area contributed by atoms with E-state index in [-0.39, 0.29) is 30.2 Å². The SMILES string of the molecule is CNC(=O)[C@@H]1[C@@H]2CCC3(O2)C(C(=O)Nc2ccc(OC)cc2)N([C@@H](CO)C(C)C)C(=O)[C@H]13. The van der Waals surface area contributed by atoms with Crippen LogP contribution in [0.4, 0.5) is 5.69 Å². The predicted octanol–water partition coefficient (Wildman–Crippen LogP) is 0.771. The summed E-state index contributed by atoms with van der Waals surface area (Å²) in [5, 5.41) is 15.7. The van der Waals surface area contributed by atoms with E-state index < -0.39 is 35.6 Å². The first-order chi connectivity index (χ1) is 15.3. The number of benzene rings is 1. The van der Waals surface area contributed by atoms with E-state index in [1.807, 2.05) is 13.8 Å². The molecule has 3 fully saturated rings. The van der Waals surface area contributed by atoms with Gasteiger partial charge in [0.1, 0.15) is 17.4 Å². The van der Waals surface area contributed by atoms with Gasteiger partial charge in [0.2, 0.25) is 17.7 Å². The molecule has 4 rings (SSSR count). The minimum Gasteiger partial charge on any atom is -0.497 e. The molecule has 6 atom stereocenters. The maximum atomic E-state index is 13.7. The van der Waals surface area contributed by atoms with Crippen molar-refractivity contribution in [2.24, 2.45) is 17.8 Å². The van der Waals surface area contributed by atoms with E-state index in [0.717, 1.165) is 0 Å². The highest BCUT2D eigenvalue weighted by molar-refractivity contribution is 6.03. The van der Waals surface area contributed by atoms with Gasteiger partial charge in [-0.25, -0.2) is 0 Å². The van der Waals surface area contributed by atoms with E-state index in [2.05, 4.69) is 10.6 Å². The van der Waals surface area contributed by atoms with Gasteiger partial charge in [0.25, 0.3) is 0 Å². The lowest BCUT2D eigenvalue weighted by Crippen LogP contribution is -2.57. The van der Waals surface area contributed by atoms with Gasteiger partial charge in [0, 0.05) is 12.7 Å². The Bertz CT molecular complexity index is 903. The van der Waals surface area contributed by atoms with Crippen LogP contribution < -0.4 is 15.4 Å². The Labute approximate surface area is 187 Å². The fourth-order valence-corrected chi connectivity index (χ4v) is 5.72. The van der Waals surface area contributed by atoms with Crippen molar-refractivity contribution in [2.45, 2.75) is 50.5 Å². The number of anilines is 1. The molecule has 0 aliphatic carbocycles. The van der Waals surface area contributed by atoms with Crippen molar-refractivity contribution in [3.63, 3.8) is 0 Å². The second-order valence-corrected chi connectivity index (χ2v) is 9.13. The molecule has 3 N–H and O–H groups in total. The van der Waals surface area contributed by atoms with Gasteiger partial charge in [-0.2, -0.15) is 0 Å². The Morgan fingerprint density at radius 1 is 1.28 bits per heavy atom. The summed E-state index contributed by atoms with van der Waals surface area (Å²) in [6.45, 7) is 3.51. The van der Waals surface area contributed by atoms with Crippen molar-refractivity contribution in [1.29, 1.82) is 0 Å². The Balaban J connectivity index is 1.73. The summed E-state index contributed by atoms with van der Waals surface area (Å²) >= 11 is 0. The number of nitrogens with zero attached hydrogens (tertiary/aromatic N) is 1. The molecule has 2 unspecified atom stereocenters. The standard InChI is InChI=1S/C23H31N3O6/c1-12(2)15(11-27)26-19(21(29)25-13-5-7-14(31-4)8-6-13)23-10-9-16(32-23)17(20(28)24-3)18(23)22(26)30/h5-8,12,15-19,27H,9-11H2,1-4H3,(H,24,28)(H,25,29)/t15-,16-,17+,18-,19?,23?/m0/s1. The van der Waals surface area contributed by atoms with E-state index in [1.54, 1.807) is 31.4 Å². The molecule has 3 aliphatic rings. The van der Waals surface area contributed by atoms with Crippen molar-refractivity contribution >= 4 is 23.4 Å². The van der Waals surface area contributed by atoms with Crippen LogP contribution in [0, 0.1) is 17.8 Å². The first-order valence-electron chi connectivity index (χ1n) is 11.1. The molecule has 174 valence electrons. The number of rotatable bonds is 7. The molecule has 1 aromatic rings. The number of nitrogens with one attached hydrogen (secondary N) is 2. The van der Waals surface area contributed by atoms with Crippen LogP contribution in [0.5, 0.6) is 5.75 Å². The number of aliphatic hydroxyl groups is 1. The van der Waals surface area contributed by atoms with Crippen LogP contribution in [0.2, 0.25) is 0 Å². The third kappa shape index (κ3) is 3.26. The first kappa shape index (κ1) is 22.5. The molecule has 0 aromatic heterocycles. The molecule has 2 bridgehead atoms. The minimum atomic E-state index is -1.09. The second kappa shape index (κ2) is 8.37. The molecule has 3 saturated heterocycles. The largest absolute Gasteiger partial charge is 0.497 e. The average molecular weight is 446 g/mol. The zero-order valence-corrected chi connectivity index (χ0v) is 18.8. The summed E-state index contributed by atoms with van der Waals surface area (Å²) < 4.78 is 11.5. The average Bonchev–Trinajstić information content (AvgIpc) is 3.42. The summed E-state index contributed by atoms with van der Waals surface area (Å²) in [4.78, 5) is 41.5. The second-order valence-electron chi connectivity index (χ2n) is 9.13. The number of likely N-dealkylation sites (tertiary alicyclic amines) is 1. The van der Waals surface area contributed by atoms with Crippen molar-refractivity contribution in [1.82, 2.24) is 10.2 Å². The molecule has 3 aliphatic heterocycles. The highest BCUT2D eigenvalue weighted by Gasteiger charge is 2.75. The van der Waals surface area contributed by atoms with E-state index in [4.69, 9.17) is 9.47 Å². The number of hydrogen-bond donors (Lipinski definition) is 3. The van der Waals surface area contributed by atoms with Crippen LogP contribution in [0.25, 0.3) is 0 Å². The molecule has 0 saturated carbocycles. The third-order valence-electron chi connectivity index (χ3n) is 7.21. The van der Waals surface area contributed by atoms with Gasteiger partial charge in [-0.05, 0) is 43.0 Å². The quantitative estimate of drug-likeness (QED) is 0.571. The van der Waals surface area contributed by atoms with Crippen molar-refractivity contribution in [3.05, 3.63) is 24.3 Å². The smallest absolute Gasteiger partial charge is 0.250 e. The fourth-order valence-electron chi connectivity index (χ4n) is 5.72. The molecule has 0 radical (unpaired) electrons. The van der Waals surface area contributed by atoms with Crippen molar-refractivity contribution in [3.8, 4) is 5.75 Å².